The first-order chi connectivity index (χ1) is 7.68. The molecular formula is C15H13F. The average molecular weight is 212 g/mol. The lowest BCUT2D eigenvalue weighted by Crippen LogP contribution is -1.84. The summed E-state index contributed by atoms with van der Waals surface area (Å²) in [6, 6.07) is 14.6. The molecule has 0 amide bonds. The maximum atomic E-state index is 13.5. The summed E-state index contributed by atoms with van der Waals surface area (Å²) in [5.41, 5.74) is 3.62. The molecule has 0 N–H and O–H groups in total. The monoisotopic (exact) mass is 212 g/mol. The SMILES string of the molecule is C=C(C)c1ccc(-c2ccccc2F)cc1. The minimum absolute atomic E-state index is 0.189. The summed E-state index contributed by atoms with van der Waals surface area (Å²) in [6.07, 6.45) is 0. The smallest absolute Gasteiger partial charge is 0.131 e. The van der Waals surface area contributed by atoms with Crippen LogP contribution in [0.25, 0.3) is 16.7 Å². The summed E-state index contributed by atoms with van der Waals surface area (Å²) in [7, 11) is 0. The van der Waals surface area contributed by atoms with Crippen molar-refractivity contribution in [3.05, 3.63) is 66.5 Å². The van der Waals surface area contributed by atoms with Crippen molar-refractivity contribution in [1.29, 1.82) is 0 Å². The van der Waals surface area contributed by atoms with Gasteiger partial charge in [-0.3, -0.25) is 0 Å². The first kappa shape index (κ1) is 10.6. The van der Waals surface area contributed by atoms with E-state index in [0.29, 0.717) is 5.56 Å². The highest BCUT2D eigenvalue weighted by atomic mass is 19.1. The maximum absolute atomic E-state index is 13.5. The Morgan fingerprint density at radius 2 is 1.62 bits per heavy atom. The number of rotatable bonds is 2. The summed E-state index contributed by atoms with van der Waals surface area (Å²) in [5, 5.41) is 0. The lowest BCUT2D eigenvalue weighted by molar-refractivity contribution is 0.631. The highest BCUT2D eigenvalue weighted by molar-refractivity contribution is 5.68. The minimum atomic E-state index is -0.189. The van der Waals surface area contributed by atoms with Crippen LogP contribution in [0.15, 0.2) is 55.1 Å². The molecule has 0 aromatic heterocycles. The molecule has 1 heteroatoms. The molecule has 0 saturated carbocycles. The standard InChI is InChI=1S/C15H13F/c1-11(2)12-7-9-13(10-8-12)14-5-3-4-6-15(14)16/h3-10H,1H2,2H3. The number of allylic oxidation sites excluding steroid dienone is 1. The molecule has 0 fully saturated rings. The molecule has 0 heterocycles. The largest absolute Gasteiger partial charge is 0.206 e. The first-order valence-corrected chi connectivity index (χ1v) is 5.19. The van der Waals surface area contributed by atoms with Crippen molar-refractivity contribution in [2.75, 3.05) is 0 Å². The number of hydrogen-bond acceptors (Lipinski definition) is 0. The summed E-state index contributed by atoms with van der Waals surface area (Å²) in [6.45, 7) is 5.83. The van der Waals surface area contributed by atoms with E-state index in [9.17, 15) is 4.39 Å². The molecule has 0 aliphatic carbocycles. The second-order valence-corrected chi connectivity index (χ2v) is 3.84. The Balaban J connectivity index is 2.43. The molecule has 0 aliphatic rings. The highest BCUT2D eigenvalue weighted by Gasteiger charge is 2.03. The van der Waals surface area contributed by atoms with Gasteiger partial charge in [-0.2, -0.15) is 0 Å². The van der Waals surface area contributed by atoms with Crippen LogP contribution >= 0.6 is 0 Å². The molecule has 0 unspecified atom stereocenters. The molecule has 0 aliphatic heterocycles. The molecule has 2 aromatic rings. The van der Waals surface area contributed by atoms with Crippen LogP contribution in [0, 0.1) is 5.82 Å². The van der Waals surface area contributed by atoms with Gasteiger partial charge in [-0.05, 0) is 24.1 Å². The van der Waals surface area contributed by atoms with Crippen molar-refractivity contribution in [2.24, 2.45) is 0 Å². The van der Waals surface area contributed by atoms with Crippen molar-refractivity contribution in [2.45, 2.75) is 6.92 Å². The van der Waals surface area contributed by atoms with Crippen molar-refractivity contribution in [3.8, 4) is 11.1 Å². The van der Waals surface area contributed by atoms with Gasteiger partial charge in [0.1, 0.15) is 5.82 Å². The minimum Gasteiger partial charge on any atom is -0.206 e. The van der Waals surface area contributed by atoms with Crippen LogP contribution in [-0.2, 0) is 0 Å². The van der Waals surface area contributed by atoms with Gasteiger partial charge in [0.2, 0.25) is 0 Å². The third-order valence-corrected chi connectivity index (χ3v) is 2.56. The van der Waals surface area contributed by atoms with E-state index in [1.165, 1.54) is 6.07 Å². The first-order valence-electron chi connectivity index (χ1n) is 5.19. The van der Waals surface area contributed by atoms with Crippen LogP contribution < -0.4 is 0 Å². The lowest BCUT2D eigenvalue weighted by Gasteiger charge is -2.05. The van der Waals surface area contributed by atoms with Crippen LogP contribution in [0.1, 0.15) is 12.5 Å². The fraction of sp³-hybridized carbons (Fsp3) is 0.0667. The molecule has 0 spiro atoms. The highest BCUT2D eigenvalue weighted by Crippen LogP contribution is 2.24. The Labute approximate surface area is 95.1 Å². The van der Waals surface area contributed by atoms with Gasteiger partial charge < -0.3 is 0 Å². The van der Waals surface area contributed by atoms with Gasteiger partial charge in [-0.1, -0.05) is 54.6 Å². The van der Waals surface area contributed by atoms with Crippen LogP contribution in [0.4, 0.5) is 4.39 Å². The molecule has 2 aromatic carbocycles. The fourth-order valence-electron chi connectivity index (χ4n) is 1.63. The van der Waals surface area contributed by atoms with E-state index in [1.807, 2.05) is 37.3 Å². The molecule has 0 radical (unpaired) electrons. The molecular weight excluding hydrogens is 199 g/mol. The van der Waals surface area contributed by atoms with E-state index in [4.69, 9.17) is 0 Å². The van der Waals surface area contributed by atoms with Gasteiger partial charge in [0.25, 0.3) is 0 Å². The Morgan fingerprint density at radius 1 is 1.00 bits per heavy atom. The predicted molar refractivity (Wildman–Crippen MR) is 66.5 cm³/mol. The quantitative estimate of drug-likeness (QED) is 0.686. The van der Waals surface area contributed by atoms with Crippen LogP contribution in [0.2, 0.25) is 0 Å². The van der Waals surface area contributed by atoms with Crippen molar-refractivity contribution in [3.63, 3.8) is 0 Å². The van der Waals surface area contributed by atoms with E-state index in [1.54, 1.807) is 12.1 Å². The Kier molecular flexibility index (Phi) is 2.86. The Bertz CT molecular complexity index is 509. The van der Waals surface area contributed by atoms with Gasteiger partial charge >= 0.3 is 0 Å². The second kappa shape index (κ2) is 4.31. The molecule has 0 bridgehead atoms. The topological polar surface area (TPSA) is 0 Å². The third kappa shape index (κ3) is 2.03. The molecule has 80 valence electrons. The maximum Gasteiger partial charge on any atom is 0.131 e. The average Bonchev–Trinajstić information content (AvgIpc) is 2.30. The summed E-state index contributed by atoms with van der Waals surface area (Å²) >= 11 is 0. The fourth-order valence-corrected chi connectivity index (χ4v) is 1.63. The van der Waals surface area contributed by atoms with Gasteiger partial charge in [0.15, 0.2) is 0 Å². The zero-order chi connectivity index (χ0) is 11.5. The summed E-state index contributed by atoms with van der Waals surface area (Å²) < 4.78 is 13.5. The van der Waals surface area contributed by atoms with Crippen LogP contribution in [0.3, 0.4) is 0 Å². The summed E-state index contributed by atoms with van der Waals surface area (Å²) in [4.78, 5) is 0. The van der Waals surface area contributed by atoms with E-state index in [-0.39, 0.29) is 5.82 Å². The molecule has 0 saturated heterocycles. The number of halogens is 1. The molecule has 0 nitrogen and oxygen atoms in total. The Morgan fingerprint density at radius 3 is 2.19 bits per heavy atom. The zero-order valence-corrected chi connectivity index (χ0v) is 9.20. The van der Waals surface area contributed by atoms with Gasteiger partial charge in [0.05, 0.1) is 0 Å². The van der Waals surface area contributed by atoms with Crippen LogP contribution in [-0.4, -0.2) is 0 Å². The zero-order valence-electron chi connectivity index (χ0n) is 9.20. The third-order valence-electron chi connectivity index (χ3n) is 2.56. The van der Waals surface area contributed by atoms with Crippen molar-refractivity contribution in [1.82, 2.24) is 0 Å². The van der Waals surface area contributed by atoms with E-state index < -0.39 is 0 Å². The van der Waals surface area contributed by atoms with Gasteiger partial charge in [0, 0.05) is 5.56 Å². The number of benzene rings is 2. The predicted octanol–water partition coefficient (Wildman–Crippen LogP) is 4.53. The molecule has 0 atom stereocenters. The second-order valence-electron chi connectivity index (χ2n) is 3.84. The normalized spacial score (nSPS) is 10.1. The lowest BCUT2D eigenvalue weighted by atomic mass is 10.0. The van der Waals surface area contributed by atoms with Crippen molar-refractivity contribution < 1.29 is 4.39 Å². The number of hydrogen-bond donors (Lipinski definition) is 0. The van der Waals surface area contributed by atoms with E-state index in [0.717, 1.165) is 16.7 Å². The van der Waals surface area contributed by atoms with E-state index in [2.05, 4.69) is 6.58 Å². The van der Waals surface area contributed by atoms with Gasteiger partial charge in [-0.25, -0.2) is 4.39 Å². The molecule has 16 heavy (non-hydrogen) atoms. The van der Waals surface area contributed by atoms with Crippen LogP contribution in [0.5, 0.6) is 0 Å². The summed E-state index contributed by atoms with van der Waals surface area (Å²) in [5.74, 6) is -0.189. The van der Waals surface area contributed by atoms with E-state index >= 15 is 0 Å². The molecule has 2 rings (SSSR count). The Hall–Kier alpha value is -1.89. The van der Waals surface area contributed by atoms with Gasteiger partial charge in [-0.15, -0.1) is 0 Å². The van der Waals surface area contributed by atoms with Crippen molar-refractivity contribution >= 4 is 5.57 Å².